The summed E-state index contributed by atoms with van der Waals surface area (Å²) in [5.74, 6) is 2.92. The fraction of sp³-hybridized carbons (Fsp3) is 0.690. The number of carbonyl (C=O) groups is 2. The van der Waals surface area contributed by atoms with Gasteiger partial charge in [-0.05, 0) is 60.7 Å². The Bertz CT molecular complexity index is 946. The lowest BCUT2D eigenvalue weighted by atomic mass is 9.73. The van der Waals surface area contributed by atoms with Crippen molar-refractivity contribution in [3.63, 3.8) is 0 Å². The molecule has 4 rings (SSSR count). The molecule has 0 radical (unpaired) electrons. The molecule has 2 amide bonds. The Morgan fingerprint density at radius 2 is 1.81 bits per heavy atom. The topological polar surface area (TPSA) is 56.8 Å². The van der Waals surface area contributed by atoms with Crippen molar-refractivity contribution < 1.29 is 9.59 Å². The molecular weight excluding hydrogens is 468 g/mol. The number of rotatable bonds is 8. The standard InChI is InChI=1S/C18H27N3S.C11H19NO2/c1-3-7-15(4-2)14-20-10-12-21(13-11-20)18-16-8-5-6-9-17(16)22-19-18;1-8-5-4-6-9(2)10(8)11(14)12(3)7-13/h5-6,8-9,15H,3-4,7,10-14H2,1-2H3;7-10H,4-6H2,1-3H3/t15-;8-,9+,10?/m0./s1. The fourth-order valence-corrected chi connectivity index (χ4v) is 6.69. The number of hydrogen-bond acceptors (Lipinski definition) is 6. The van der Waals surface area contributed by atoms with E-state index in [2.05, 4.69) is 61.8 Å². The predicted molar refractivity (Wildman–Crippen MR) is 151 cm³/mol. The average Bonchev–Trinajstić information content (AvgIpc) is 3.33. The molecule has 2 heterocycles. The molecule has 200 valence electrons. The molecule has 1 aliphatic heterocycles. The summed E-state index contributed by atoms with van der Waals surface area (Å²) in [6.45, 7) is 14.7. The van der Waals surface area contributed by atoms with E-state index in [0.29, 0.717) is 18.2 Å². The van der Waals surface area contributed by atoms with E-state index in [9.17, 15) is 9.59 Å². The molecule has 2 fully saturated rings. The lowest BCUT2D eigenvalue weighted by Crippen LogP contribution is -2.48. The van der Waals surface area contributed by atoms with Gasteiger partial charge in [0.15, 0.2) is 0 Å². The summed E-state index contributed by atoms with van der Waals surface area (Å²) in [5, 5.41) is 1.32. The largest absolute Gasteiger partial charge is 0.353 e. The van der Waals surface area contributed by atoms with Gasteiger partial charge >= 0.3 is 0 Å². The minimum atomic E-state index is -0.0142. The van der Waals surface area contributed by atoms with E-state index in [4.69, 9.17) is 4.37 Å². The smallest absolute Gasteiger partial charge is 0.232 e. The van der Waals surface area contributed by atoms with Gasteiger partial charge in [0.05, 0.1) is 4.70 Å². The SMILES string of the molecule is CCC[C@H](CC)CN1CCN(c2nsc3ccccc23)CC1.C[C@@H]1CCC[C@H](C)C1C(=O)N(C)C=O. The number of hydrogen-bond donors (Lipinski definition) is 0. The van der Waals surface area contributed by atoms with Crippen LogP contribution in [0, 0.1) is 23.7 Å². The molecule has 7 heteroatoms. The van der Waals surface area contributed by atoms with Crippen molar-refractivity contribution in [3.8, 4) is 0 Å². The van der Waals surface area contributed by atoms with Crippen molar-refractivity contribution in [1.29, 1.82) is 0 Å². The van der Waals surface area contributed by atoms with Crippen LogP contribution < -0.4 is 4.90 Å². The first-order valence-electron chi connectivity index (χ1n) is 13.9. The second-order valence-electron chi connectivity index (χ2n) is 10.8. The van der Waals surface area contributed by atoms with Crippen molar-refractivity contribution in [2.75, 3.05) is 44.7 Å². The molecular formula is C29H46N4O2S. The molecule has 1 aromatic heterocycles. The molecule has 6 nitrogen and oxygen atoms in total. The van der Waals surface area contributed by atoms with Gasteiger partial charge in [-0.15, -0.1) is 0 Å². The Labute approximate surface area is 222 Å². The van der Waals surface area contributed by atoms with Crippen LogP contribution in [0.2, 0.25) is 0 Å². The number of piperazine rings is 1. The third-order valence-electron chi connectivity index (χ3n) is 8.16. The fourth-order valence-electron chi connectivity index (χ4n) is 5.90. The van der Waals surface area contributed by atoms with Gasteiger partial charge in [0, 0.05) is 51.1 Å². The number of anilines is 1. The Morgan fingerprint density at radius 3 is 2.42 bits per heavy atom. The van der Waals surface area contributed by atoms with Crippen LogP contribution in [0.5, 0.6) is 0 Å². The molecule has 36 heavy (non-hydrogen) atoms. The molecule has 1 aromatic carbocycles. The van der Waals surface area contributed by atoms with Crippen LogP contribution in [0.4, 0.5) is 5.82 Å². The van der Waals surface area contributed by atoms with Crippen LogP contribution in [-0.2, 0) is 9.59 Å². The van der Waals surface area contributed by atoms with Gasteiger partial charge in [-0.2, -0.15) is 4.37 Å². The Kier molecular flexibility index (Phi) is 11.2. The molecule has 1 unspecified atom stereocenters. The summed E-state index contributed by atoms with van der Waals surface area (Å²) < 4.78 is 6.00. The number of imide groups is 1. The van der Waals surface area contributed by atoms with Gasteiger partial charge in [0.2, 0.25) is 12.3 Å². The molecule has 0 N–H and O–H groups in total. The molecule has 2 aromatic rings. The van der Waals surface area contributed by atoms with Crippen LogP contribution in [0.25, 0.3) is 10.1 Å². The molecule has 1 aliphatic carbocycles. The summed E-state index contributed by atoms with van der Waals surface area (Å²) >= 11 is 1.62. The van der Waals surface area contributed by atoms with Crippen LogP contribution in [-0.4, -0.2) is 66.3 Å². The van der Waals surface area contributed by atoms with Gasteiger partial charge in [-0.25, -0.2) is 0 Å². The van der Waals surface area contributed by atoms with Crippen LogP contribution in [0.3, 0.4) is 0 Å². The molecule has 4 atom stereocenters. The first-order valence-corrected chi connectivity index (χ1v) is 14.7. The summed E-state index contributed by atoms with van der Waals surface area (Å²) in [6.07, 6.45) is 8.01. The zero-order valence-electron chi connectivity index (χ0n) is 23.0. The first kappa shape index (κ1) is 28.6. The van der Waals surface area contributed by atoms with E-state index < -0.39 is 0 Å². The maximum Gasteiger partial charge on any atom is 0.232 e. The van der Waals surface area contributed by atoms with Crippen molar-refractivity contribution in [2.45, 2.75) is 66.2 Å². The number of aromatic nitrogens is 1. The van der Waals surface area contributed by atoms with Gasteiger partial charge < -0.3 is 4.90 Å². The zero-order valence-corrected chi connectivity index (χ0v) is 23.8. The van der Waals surface area contributed by atoms with E-state index in [1.165, 1.54) is 66.1 Å². The Balaban J connectivity index is 0.000000223. The van der Waals surface area contributed by atoms with Gasteiger partial charge in [0.1, 0.15) is 5.82 Å². The number of nitrogens with zero attached hydrogens (tertiary/aromatic N) is 4. The summed E-state index contributed by atoms with van der Waals surface area (Å²) in [7, 11) is 1.55. The quantitative estimate of drug-likeness (QED) is 0.410. The highest BCUT2D eigenvalue weighted by Gasteiger charge is 2.34. The summed E-state index contributed by atoms with van der Waals surface area (Å²) in [6, 6.07) is 8.59. The second-order valence-corrected chi connectivity index (χ2v) is 11.6. The average molecular weight is 515 g/mol. The van der Waals surface area contributed by atoms with Gasteiger partial charge in [-0.1, -0.05) is 59.1 Å². The lowest BCUT2D eigenvalue weighted by molar-refractivity contribution is -0.143. The molecule has 2 aliphatic rings. The highest BCUT2D eigenvalue weighted by molar-refractivity contribution is 7.13. The number of carbonyl (C=O) groups excluding carboxylic acids is 2. The van der Waals surface area contributed by atoms with E-state index in [-0.39, 0.29) is 11.8 Å². The highest BCUT2D eigenvalue weighted by atomic mass is 32.1. The molecule has 0 bridgehead atoms. The maximum atomic E-state index is 11.8. The monoisotopic (exact) mass is 514 g/mol. The predicted octanol–water partition coefficient (Wildman–Crippen LogP) is 5.92. The van der Waals surface area contributed by atoms with Crippen LogP contribution in [0.1, 0.15) is 66.2 Å². The summed E-state index contributed by atoms with van der Waals surface area (Å²) in [5.41, 5.74) is 0. The first-order chi connectivity index (χ1) is 17.4. The lowest BCUT2D eigenvalue weighted by Gasteiger charge is -2.36. The third-order valence-corrected chi connectivity index (χ3v) is 8.97. The zero-order chi connectivity index (χ0) is 26.1. The van der Waals surface area contributed by atoms with Crippen molar-refractivity contribution in [3.05, 3.63) is 24.3 Å². The van der Waals surface area contributed by atoms with Gasteiger partial charge in [-0.3, -0.25) is 19.4 Å². The third kappa shape index (κ3) is 7.28. The molecule has 1 saturated heterocycles. The maximum absolute atomic E-state index is 11.8. The minimum absolute atomic E-state index is 0.0142. The van der Waals surface area contributed by atoms with E-state index in [0.717, 1.165) is 31.8 Å². The molecule has 0 spiro atoms. The normalized spacial score (nSPS) is 23.6. The number of fused-ring (bicyclic) bond motifs is 1. The Morgan fingerprint density at radius 1 is 1.14 bits per heavy atom. The minimum Gasteiger partial charge on any atom is -0.353 e. The number of benzene rings is 1. The van der Waals surface area contributed by atoms with E-state index in [1.54, 1.807) is 18.6 Å². The van der Waals surface area contributed by atoms with Gasteiger partial charge in [0.25, 0.3) is 0 Å². The van der Waals surface area contributed by atoms with Crippen LogP contribution in [0.15, 0.2) is 24.3 Å². The highest BCUT2D eigenvalue weighted by Crippen LogP contribution is 2.35. The molecule has 1 saturated carbocycles. The summed E-state index contributed by atoms with van der Waals surface area (Å²) in [4.78, 5) is 28.7. The Hall–Kier alpha value is -1.99. The van der Waals surface area contributed by atoms with E-state index in [1.807, 2.05) is 0 Å². The van der Waals surface area contributed by atoms with Crippen molar-refractivity contribution in [1.82, 2.24) is 14.2 Å². The van der Waals surface area contributed by atoms with Crippen molar-refractivity contribution >= 4 is 39.8 Å². The second kappa shape index (κ2) is 14.1. The van der Waals surface area contributed by atoms with E-state index >= 15 is 0 Å². The van der Waals surface area contributed by atoms with Crippen LogP contribution >= 0.6 is 11.5 Å². The number of amides is 2. The van der Waals surface area contributed by atoms with Crippen molar-refractivity contribution in [2.24, 2.45) is 23.7 Å².